The van der Waals surface area contributed by atoms with Gasteiger partial charge in [0.2, 0.25) is 0 Å². The summed E-state index contributed by atoms with van der Waals surface area (Å²) in [4.78, 5) is 7.19. The Morgan fingerprint density at radius 3 is 1.74 bits per heavy atom. The van der Waals surface area contributed by atoms with Gasteiger partial charge in [0.05, 0.1) is 11.1 Å². The molecule has 0 atom stereocenters. The number of fused-ring (bicyclic) bond motifs is 6. The molecule has 13 rings (SSSR count). The number of ether oxygens (including phenoxy) is 2. The molecule has 0 bridgehead atoms. The number of aromatic nitrogens is 2. The van der Waals surface area contributed by atoms with Crippen molar-refractivity contribution in [1.82, 2.24) is 9.55 Å². The third kappa shape index (κ3) is 9.52. The first kappa shape index (κ1) is 56.3. The number of rotatable bonds is 9. The van der Waals surface area contributed by atoms with Crippen LogP contribution < -0.4 is 19.7 Å². The Morgan fingerprint density at radius 2 is 1.08 bits per heavy atom. The van der Waals surface area contributed by atoms with E-state index in [2.05, 4.69) is 280 Å². The van der Waals surface area contributed by atoms with Gasteiger partial charge in [-0.05, 0) is 121 Å². The van der Waals surface area contributed by atoms with Crippen LogP contribution in [0.4, 0.5) is 22.7 Å². The monoisotopic (exact) mass is 1280 g/mol. The molecule has 424 valence electrons. The first-order valence-corrected chi connectivity index (χ1v) is 29.0. The maximum atomic E-state index is 7.11. The Labute approximate surface area is 510 Å². The number of nitrogens with zero attached hydrogens (tertiary/aromatic N) is 3. The molecule has 2 aliphatic rings. The fraction of sp³-hybridized carbons (Fsp3) is 0.221. The molecule has 84 heavy (non-hydrogen) atoms. The van der Waals surface area contributed by atoms with Crippen LogP contribution >= 0.6 is 0 Å². The summed E-state index contributed by atoms with van der Waals surface area (Å²) in [6.45, 7) is 27.5. The van der Waals surface area contributed by atoms with E-state index in [9.17, 15) is 0 Å². The number of nitrogens with one attached hydrogen (secondary N) is 1. The first-order valence-electron chi connectivity index (χ1n) is 29.0. The molecule has 2 aromatic heterocycles. The fourth-order valence-electron chi connectivity index (χ4n) is 12.5. The standard InChI is InChI=1S/C77H71N4O2.Pt/c1-73(2,3)50-37-38-78-69(44-50)81-65-34-24-31-61-70(65)71-62(77(61)59-29-17-21-35-67(59)83-68-36-22-18-30-60(68)77)46-56(47-66(71)81)82-55-28-23-27-54(45-55)79-63-32-19-20-33-64(63)80(13)72-57(48-25-15-14-16-26-48)42-53(76(10,11)12)43-58(72)49-39-51(74(4,5)6)41-52(40-49)75(7,8)9;/h14-44,46,79H,13H2,1-12H3;/q-3;. The second-order valence-electron chi connectivity index (χ2n) is 26.7. The molecule has 0 radical (unpaired) electrons. The molecule has 1 spiro atoms. The van der Waals surface area contributed by atoms with Crippen molar-refractivity contribution in [1.29, 1.82) is 0 Å². The molecule has 9 aromatic carbocycles. The van der Waals surface area contributed by atoms with E-state index in [0.717, 1.165) is 95.4 Å². The number of para-hydroxylation sites is 4. The first-order chi connectivity index (χ1) is 39.6. The molecule has 0 saturated carbocycles. The average molecular weight is 1280 g/mol. The zero-order valence-corrected chi connectivity index (χ0v) is 52.4. The van der Waals surface area contributed by atoms with Crippen LogP contribution in [0, 0.1) is 19.2 Å². The summed E-state index contributed by atoms with van der Waals surface area (Å²) in [6, 6.07) is 74.7. The van der Waals surface area contributed by atoms with E-state index in [1.54, 1.807) is 0 Å². The second kappa shape index (κ2) is 20.6. The molecular formula is C77H71N4O2Pt-3. The van der Waals surface area contributed by atoms with Crippen molar-refractivity contribution < 1.29 is 30.5 Å². The summed E-state index contributed by atoms with van der Waals surface area (Å²) in [5, 5.41) is 6.09. The number of benzene rings is 9. The minimum Gasteiger partial charge on any atom is -0.509 e. The smallest absolute Gasteiger partial charge is 0.135 e. The second-order valence-corrected chi connectivity index (χ2v) is 26.7. The molecule has 0 amide bonds. The van der Waals surface area contributed by atoms with Gasteiger partial charge in [0, 0.05) is 77.9 Å². The molecule has 0 fully saturated rings. The molecule has 0 saturated heterocycles. The molecule has 3 heterocycles. The quantitative estimate of drug-likeness (QED) is 0.146. The zero-order chi connectivity index (χ0) is 58.0. The van der Waals surface area contributed by atoms with E-state index in [0.29, 0.717) is 11.5 Å². The molecule has 1 N–H and O–H groups in total. The fourth-order valence-corrected chi connectivity index (χ4v) is 12.5. The van der Waals surface area contributed by atoms with Gasteiger partial charge in [-0.25, -0.2) is 4.98 Å². The summed E-state index contributed by atoms with van der Waals surface area (Å²) >= 11 is 0. The third-order valence-electron chi connectivity index (χ3n) is 17.0. The van der Waals surface area contributed by atoms with Crippen molar-refractivity contribution in [2.45, 2.75) is 110 Å². The van der Waals surface area contributed by atoms with Crippen LogP contribution in [-0.4, -0.2) is 9.55 Å². The molecule has 7 heteroatoms. The van der Waals surface area contributed by atoms with Gasteiger partial charge in [-0.1, -0.05) is 209 Å². The van der Waals surface area contributed by atoms with Crippen molar-refractivity contribution in [3.63, 3.8) is 0 Å². The van der Waals surface area contributed by atoms with Gasteiger partial charge in [0.15, 0.2) is 0 Å². The van der Waals surface area contributed by atoms with Crippen LogP contribution in [-0.2, 0) is 48.1 Å². The van der Waals surface area contributed by atoms with Gasteiger partial charge < -0.3 is 24.3 Å². The number of anilines is 4. The predicted octanol–water partition coefficient (Wildman–Crippen LogP) is 20.6. The molecule has 11 aromatic rings. The van der Waals surface area contributed by atoms with E-state index in [4.69, 9.17) is 21.5 Å². The van der Waals surface area contributed by atoms with Gasteiger partial charge in [-0.15, -0.1) is 35.9 Å². The van der Waals surface area contributed by atoms with E-state index in [1.807, 2.05) is 24.4 Å². The Kier molecular flexibility index (Phi) is 13.8. The van der Waals surface area contributed by atoms with Gasteiger partial charge in [-0.2, -0.15) is 6.07 Å². The third-order valence-corrected chi connectivity index (χ3v) is 17.0. The molecule has 0 unspecified atom stereocenters. The SMILES string of the molecule is [CH2-]N(c1ccccc1Nc1[c-]c(Oc2[c-]c3c4c(c2)C2(c5ccccc5Oc5ccccc52)c2cccc(c24)n3-c2cc(C(C)(C)C)ccn2)ccc1)c1c(-c2ccccc2)cc(C(C)(C)C)cc1-c1cc(C(C)(C)C)cc(C(C)(C)C)c1.[Pt]. The van der Waals surface area contributed by atoms with E-state index >= 15 is 0 Å². The van der Waals surface area contributed by atoms with Gasteiger partial charge in [0.25, 0.3) is 0 Å². The number of hydrogen-bond acceptors (Lipinski definition) is 5. The number of hydrogen-bond donors (Lipinski definition) is 1. The largest absolute Gasteiger partial charge is 0.509 e. The summed E-state index contributed by atoms with van der Waals surface area (Å²) in [6.07, 6.45) is 1.93. The molecule has 1 aliphatic heterocycles. The van der Waals surface area contributed by atoms with E-state index < -0.39 is 5.41 Å². The van der Waals surface area contributed by atoms with Gasteiger partial charge >= 0.3 is 0 Å². The minimum absolute atomic E-state index is 0. The van der Waals surface area contributed by atoms with Crippen LogP contribution in [0.2, 0.25) is 0 Å². The normalized spacial score (nSPS) is 13.4. The van der Waals surface area contributed by atoms with Crippen LogP contribution in [0.15, 0.2) is 194 Å². The van der Waals surface area contributed by atoms with Crippen molar-refractivity contribution in [2.75, 3.05) is 10.2 Å². The zero-order valence-electron chi connectivity index (χ0n) is 50.2. The van der Waals surface area contributed by atoms with Crippen LogP contribution in [0.5, 0.6) is 23.0 Å². The summed E-state index contributed by atoms with van der Waals surface area (Å²) < 4.78 is 16.1. The minimum atomic E-state index is -0.713. The van der Waals surface area contributed by atoms with Crippen LogP contribution in [0.25, 0.3) is 49.9 Å². The van der Waals surface area contributed by atoms with Crippen LogP contribution in [0.1, 0.15) is 128 Å². The van der Waals surface area contributed by atoms with Crippen molar-refractivity contribution in [2.24, 2.45) is 0 Å². The van der Waals surface area contributed by atoms with Gasteiger partial charge in [0.1, 0.15) is 17.3 Å². The van der Waals surface area contributed by atoms with Crippen LogP contribution in [0.3, 0.4) is 0 Å². The average Bonchev–Trinajstić information content (AvgIpc) is 1.56. The van der Waals surface area contributed by atoms with Crippen molar-refractivity contribution >= 4 is 44.6 Å². The summed E-state index contributed by atoms with van der Waals surface area (Å²) in [7, 11) is 4.97. The Bertz CT molecular complexity index is 4290. The maximum Gasteiger partial charge on any atom is 0.135 e. The van der Waals surface area contributed by atoms with Crippen molar-refractivity contribution in [3.8, 4) is 51.1 Å². The molecule has 1 aliphatic carbocycles. The van der Waals surface area contributed by atoms with Gasteiger partial charge in [-0.3, -0.25) is 7.05 Å². The predicted molar refractivity (Wildman–Crippen MR) is 344 cm³/mol. The van der Waals surface area contributed by atoms with E-state index in [-0.39, 0.29) is 42.7 Å². The Balaban J connectivity index is 0.00000694. The van der Waals surface area contributed by atoms with E-state index in [1.165, 1.54) is 33.2 Å². The summed E-state index contributed by atoms with van der Waals surface area (Å²) in [5.41, 5.74) is 18.4. The topological polar surface area (TPSA) is 51.6 Å². The Morgan fingerprint density at radius 1 is 0.512 bits per heavy atom. The summed E-state index contributed by atoms with van der Waals surface area (Å²) in [5.74, 6) is 3.59. The Hall–Kier alpha value is -8.18. The van der Waals surface area contributed by atoms with Crippen molar-refractivity contribution in [3.05, 3.63) is 258 Å². The number of pyridine rings is 1. The maximum absolute atomic E-state index is 7.11. The molecular weight excluding hydrogens is 1210 g/mol. The molecule has 6 nitrogen and oxygen atoms in total.